The highest BCUT2D eigenvalue weighted by molar-refractivity contribution is 6.00. The SMILES string of the molecule is Cc1ccc(N2CC(C(=O)N3CCN(c4ccc(-c5noc(C6CC6)n5)cc4)CC3)CC2=O)cc1. The molecule has 2 aromatic carbocycles. The summed E-state index contributed by atoms with van der Waals surface area (Å²) in [6, 6.07) is 16.1. The molecule has 2 saturated heterocycles. The van der Waals surface area contributed by atoms with E-state index in [0.29, 0.717) is 31.4 Å². The van der Waals surface area contributed by atoms with Crippen LogP contribution in [0.4, 0.5) is 11.4 Å². The molecule has 0 spiro atoms. The number of hydrogen-bond donors (Lipinski definition) is 0. The molecular formula is C27H29N5O3. The lowest BCUT2D eigenvalue weighted by atomic mass is 10.1. The molecule has 3 fully saturated rings. The van der Waals surface area contributed by atoms with Crippen LogP contribution in [0, 0.1) is 12.8 Å². The Morgan fingerprint density at radius 3 is 2.31 bits per heavy atom. The van der Waals surface area contributed by atoms with E-state index >= 15 is 0 Å². The van der Waals surface area contributed by atoms with Gasteiger partial charge in [-0.3, -0.25) is 9.59 Å². The normalized spacial score (nSPS) is 20.5. The van der Waals surface area contributed by atoms with Gasteiger partial charge < -0.3 is 19.2 Å². The van der Waals surface area contributed by atoms with Crippen molar-refractivity contribution in [1.82, 2.24) is 15.0 Å². The summed E-state index contributed by atoms with van der Waals surface area (Å²) in [7, 11) is 0. The first-order valence-electron chi connectivity index (χ1n) is 12.4. The Morgan fingerprint density at radius 1 is 0.943 bits per heavy atom. The van der Waals surface area contributed by atoms with Gasteiger partial charge in [0.1, 0.15) is 0 Å². The Kier molecular flexibility index (Phi) is 5.51. The van der Waals surface area contributed by atoms with Crippen LogP contribution >= 0.6 is 0 Å². The Bertz CT molecular complexity index is 1220. The van der Waals surface area contributed by atoms with E-state index in [1.807, 2.05) is 48.2 Å². The number of piperazine rings is 1. The number of amides is 2. The van der Waals surface area contributed by atoms with Crippen LogP contribution in [-0.4, -0.2) is 59.6 Å². The summed E-state index contributed by atoms with van der Waals surface area (Å²) >= 11 is 0. The molecule has 2 aliphatic heterocycles. The zero-order valence-corrected chi connectivity index (χ0v) is 19.9. The maximum atomic E-state index is 13.2. The smallest absolute Gasteiger partial charge is 0.230 e. The van der Waals surface area contributed by atoms with Gasteiger partial charge in [-0.15, -0.1) is 0 Å². The first-order valence-corrected chi connectivity index (χ1v) is 12.4. The van der Waals surface area contributed by atoms with E-state index in [0.717, 1.165) is 54.3 Å². The lowest BCUT2D eigenvalue weighted by molar-refractivity contribution is -0.136. The summed E-state index contributed by atoms with van der Waals surface area (Å²) in [5.74, 6) is 1.67. The van der Waals surface area contributed by atoms with Crippen LogP contribution in [0.3, 0.4) is 0 Å². The van der Waals surface area contributed by atoms with Crippen molar-refractivity contribution >= 4 is 23.2 Å². The summed E-state index contributed by atoms with van der Waals surface area (Å²) in [4.78, 5) is 36.3. The molecule has 0 radical (unpaired) electrons. The molecule has 8 nitrogen and oxygen atoms in total. The fourth-order valence-corrected chi connectivity index (χ4v) is 4.96. The first kappa shape index (κ1) is 21.8. The maximum absolute atomic E-state index is 13.2. The molecule has 0 bridgehead atoms. The number of carbonyl (C=O) groups excluding carboxylic acids is 2. The Labute approximate surface area is 204 Å². The van der Waals surface area contributed by atoms with Crippen molar-refractivity contribution in [3.05, 3.63) is 60.0 Å². The van der Waals surface area contributed by atoms with E-state index in [4.69, 9.17) is 4.52 Å². The lowest BCUT2D eigenvalue weighted by Gasteiger charge is -2.37. The minimum Gasteiger partial charge on any atom is -0.368 e. The van der Waals surface area contributed by atoms with E-state index in [9.17, 15) is 9.59 Å². The van der Waals surface area contributed by atoms with E-state index in [1.165, 1.54) is 0 Å². The molecule has 35 heavy (non-hydrogen) atoms. The summed E-state index contributed by atoms with van der Waals surface area (Å²) in [5.41, 5.74) is 4.09. The molecule has 1 atom stereocenters. The number of rotatable bonds is 5. The second-order valence-corrected chi connectivity index (χ2v) is 9.83. The largest absolute Gasteiger partial charge is 0.368 e. The zero-order valence-electron chi connectivity index (χ0n) is 19.9. The highest BCUT2D eigenvalue weighted by Crippen LogP contribution is 2.39. The second kappa shape index (κ2) is 8.83. The highest BCUT2D eigenvalue weighted by Gasteiger charge is 2.38. The van der Waals surface area contributed by atoms with Gasteiger partial charge in [0.2, 0.25) is 23.5 Å². The van der Waals surface area contributed by atoms with Crippen molar-refractivity contribution in [2.24, 2.45) is 5.92 Å². The zero-order chi connectivity index (χ0) is 23.9. The third-order valence-corrected chi connectivity index (χ3v) is 7.27. The number of benzene rings is 2. The number of aromatic nitrogens is 2. The monoisotopic (exact) mass is 471 g/mol. The maximum Gasteiger partial charge on any atom is 0.230 e. The number of hydrogen-bond acceptors (Lipinski definition) is 6. The van der Waals surface area contributed by atoms with Gasteiger partial charge in [-0.05, 0) is 56.2 Å². The van der Waals surface area contributed by atoms with Gasteiger partial charge in [-0.25, -0.2) is 0 Å². The third kappa shape index (κ3) is 4.40. The Morgan fingerprint density at radius 2 is 1.63 bits per heavy atom. The molecule has 3 heterocycles. The van der Waals surface area contributed by atoms with Crippen molar-refractivity contribution in [1.29, 1.82) is 0 Å². The van der Waals surface area contributed by atoms with E-state index in [-0.39, 0.29) is 24.2 Å². The van der Waals surface area contributed by atoms with Crippen LogP contribution in [0.1, 0.15) is 36.6 Å². The van der Waals surface area contributed by atoms with Gasteiger partial charge in [0, 0.05) is 62.0 Å². The molecule has 1 unspecified atom stereocenters. The summed E-state index contributed by atoms with van der Waals surface area (Å²) in [6.07, 6.45) is 2.56. The average molecular weight is 472 g/mol. The van der Waals surface area contributed by atoms with Gasteiger partial charge in [0.15, 0.2) is 0 Å². The van der Waals surface area contributed by atoms with Crippen LogP contribution in [0.15, 0.2) is 53.1 Å². The molecule has 1 aliphatic carbocycles. The Balaban J connectivity index is 1.04. The number of nitrogens with zero attached hydrogens (tertiary/aromatic N) is 5. The van der Waals surface area contributed by atoms with Crippen LogP contribution < -0.4 is 9.80 Å². The lowest BCUT2D eigenvalue weighted by Crippen LogP contribution is -2.50. The standard InChI is InChI=1S/C27H29N5O3/c1-18-2-8-23(9-3-18)32-17-21(16-24(32)33)27(34)31-14-12-30(13-15-31)22-10-6-19(7-11-22)25-28-26(35-29-25)20-4-5-20/h2-3,6-11,20-21H,4-5,12-17H2,1H3. The summed E-state index contributed by atoms with van der Waals surface area (Å²) in [5, 5.41) is 4.12. The summed E-state index contributed by atoms with van der Waals surface area (Å²) in [6.45, 7) is 5.33. The van der Waals surface area contributed by atoms with Crippen LogP contribution in [0.5, 0.6) is 0 Å². The molecule has 1 aromatic heterocycles. The molecule has 1 saturated carbocycles. The number of carbonyl (C=O) groups is 2. The van der Waals surface area contributed by atoms with Gasteiger partial charge in [-0.2, -0.15) is 4.98 Å². The van der Waals surface area contributed by atoms with Crippen molar-refractivity contribution in [2.45, 2.75) is 32.1 Å². The van der Waals surface area contributed by atoms with Gasteiger partial charge >= 0.3 is 0 Å². The summed E-state index contributed by atoms with van der Waals surface area (Å²) < 4.78 is 5.38. The number of aryl methyl sites for hydroxylation is 1. The van der Waals surface area contributed by atoms with Crippen molar-refractivity contribution < 1.29 is 14.1 Å². The van der Waals surface area contributed by atoms with Crippen molar-refractivity contribution in [2.75, 3.05) is 42.5 Å². The van der Waals surface area contributed by atoms with E-state index in [2.05, 4.69) is 27.2 Å². The fourth-order valence-electron chi connectivity index (χ4n) is 4.96. The fraction of sp³-hybridized carbons (Fsp3) is 0.407. The van der Waals surface area contributed by atoms with E-state index < -0.39 is 0 Å². The molecule has 3 aromatic rings. The van der Waals surface area contributed by atoms with Crippen LogP contribution in [-0.2, 0) is 9.59 Å². The van der Waals surface area contributed by atoms with Crippen molar-refractivity contribution in [3.8, 4) is 11.4 Å². The van der Waals surface area contributed by atoms with E-state index in [1.54, 1.807) is 4.90 Å². The van der Waals surface area contributed by atoms with Gasteiger partial charge in [0.25, 0.3) is 0 Å². The molecule has 0 N–H and O–H groups in total. The molecule has 180 valence electrons. The molecular weight excluding hydrogens is 442 g/mol. The van der Waals surface area contributed by atoms with Gasteiger partial charge in [-0.1, -0.05) is 22.9 Å². The third-order valence-electron chi connectivity index (χ3n) is 7.27. The molecule has 6 rings (SSSR count). The predicted octanol–water partition coefficient (Wildman–Crippen LogP) is 3.62. The predicted molar refractivity (Wildman–Crippen MR) is 132 cm³/mol. The molecule has 3 aliphatic rings. The van der Waals surface area contributed by atoms with Crippen LogP contribution in [0.2, 0.25) is 0 Å². The molecule has 2 amide bonds. The minimum atomic E-state index is -0.273. The van der Waals surface area contributed by atoms with Gasteiger partial charge in [0.05, 0.1) is 5.92 Å². The van der Waals surface area contributed by atoms with Crippen LogP contribution in [0.25, 0.3) is 11.4 Å². The minimum absolute atomic E-state index is 0.0248. The number of anilines is 2. The topological polar surface area (TPSA) is 82.8 Å². The quantitative estimate of drug-likeness (QED) is 0.565. The molecule has 8 heteroatoms. The average Bonchev–Trinajstić information content (AvgIpc) is 3.49. The Hall–Kier alpha value is -3.68. The highest BCUT2D eigenvalue weighted by atomic mass is 16.5. The van der Waals surface area contributed by atoms with Crippen molar-refractivity contribution in [3.63, 3.8) is 0 Å². The second-order valence-electron chi connectivity index (χ2n) is 9.83. The first-order chi connectivity index (χ1) is 17.0.